The van der Waals surface area contributed by atoms with E-state index in [1.807, 2.05) is 0 Å². The highest BCUT2D eigenvalue weighted by Gasteiger charge is 2.21. The maximum atomic E-state index is 9.75. The first-order chi connectivity index (χ1) is 5.73. The fraction of sp³-hybridized carbons (Fsp3) is 0. The minimum atomic E-state index is -6.00. The minimum Gasteiger partial charge on any atom is -0.418 e. The normalized spacial score (nSPS) is 10.5. The largest absolute Gasteiger partial charge is 0.673 e. The first kappa shape index (κ1) is 19.1. The van der Waals surface area contributed by atoms with Crippen LogP contribution in [0, 0.1) is 0 Å². The van der Waals surface area contributed by atoms with Gasteiger partial charge in [-0.15, -0.1) is 0 Å². The third-order valence-electron chi connectivity index (χ3n) is 0. The molecular formula is H3B3F8O3-2. The molecule has 14 heteroatoms. The molecule has 0 rings (SSSR count). The van der Waals surface area contributed by atoms with E-state index >= 15 is 0 Å². The van der Waals surface area contributed by atoms with Crippen LogP contribution in [0.5, 0.6) is 0 Å². The highest BCUT2D eigenvalue weighted by Crippen LogP contribution is 2.07. The molecule has 0 fully saturated rings. The van der Waals surface area contributed by atoms with Crippen LogP contribution in [0.3, 0.4) is 0 Å². The molecule has 0 atom stereocenters. The van der Waals surface area contributed by atoms with Gasteiger partial charge in [-0.1, -0.05) is 0 Å². The van der Waals surface area contributed by atoms with Crippen molar-refractivity contribution in [2.24, 2.45) is 0 Å². The van der Waals surface area contributed by atoms with E-state index in [4.69, 9.17) is 15.1 Å². The Balaban J connectivity index is -0.000000131. The Morgan fingerprint density at radius 1 is 0.571 bits per heavy atom. The van der Waals surface area contributed by atoms with Crippen LogP contribution in [-0.2, 0) is 0 Å². The molecule has 3 N–H and O–H groups in total. The molecule has 0 heterocycles. The van der Waals surface area contributed by atoms with Crippen LogP contribution in [0.2, 0.25) is 0 Å². The number of hydrogen-bond donors (Lipinski definition) is 3. The number of rotatable bonds is 0. The van der Waals surface area contributed by atoms with E-state index in [9.17, 15) is 34.5 Å². The first-order valence-corrected chi connectivity index (χ1v) is 2.52. The molecule has 14 heavy (non-hydrogen) atoms. The van der Waals surface area contributed by atoms with E-state index in [1.54, 1.807) is 0 Å². The van der Waals surface area contributed by atoms with Crippen LogP contribution in [0.4, 0.5) is 34.5 Å². The summed E-state index contributed by atoms with van der Waals surface area (Å²) in [6.45, 7) is 0. The van der Waals surface area contributed by atoms with E-state index in [0.29, 0.717) is 0 Å². The standard InChI is InChI=1S/2BF4.BH3O3/c2*2-1(3,4)5;2-1(3)4/h;;2-4H/q2*-1;. The van der Waals surface area contributed by atoms with Crippen LogP contribution in [0.25, 0.3) is 0 Å². The van der Waals surface area contributed by atoms with Crippen LogP contribution in [0.1, 0.15) is 0 Å². The summed E-state index contributed by atoms with van der Waals surface area (Å²) in [5, 5.41) is 21.5. The Bertz CT molecular complexity index is 89.2. The maximum Gasteiger partial charge on any atom is 0.673 e. The lowest BCUT2D eigenvalue weighted by Gasteiger charge is -1.94. The van der Waals surface area contributed by atoms with Crippen LogP contribution < -0.4 is 0 Å². The zero-order chi connectivity index (χ0) is 12.6. The van der Waals surface area contributed by atoms with E-state index < -0.39 is 21.8 Å². The predicted octanol–water partition coefficient (Wildman–Crippen LogP) is 0.548. The molecule has 0 aromatic rings. The van der Waals surface area contributed by atoms with Crippen molar-refractivity contribution in [2.75, 3.05) is 0 Å². The minimum absolute atomic E-state index is 2.17. The van der Waals surface area contributed by atoms with Crippen LogP contribution >= 0.6 is 0 Å². The molecule has 0 bridgehead atoms. The summed E-state index contributed by atoms with van der Waals surface area (Å²) < 4.78 is 78.0. The van der Waals surface area contributed by atoms with Crippen molar-refractivity contribution in [1.29, 1.82) is 0 Å². The average molecular weight is 235 g/mol. The molecular weight excluding hydrogens is 232 g/mol. The SMILES string of the molecule is F[B-](F)(F)F.F[B-](F)(F)F.OB(O)O. The Labute approximate surface area is 72.7 Å². The molecule has 0 spiro atoms. The average Bonchev–Trinajstić information content (AvgIpc) is 1.45. The van der Waals surface area contributed by atoms with Crippen LogP contribution in [0.15, 0.2) is 0 Å². The van der Waals surface area contributed by atoms with Gasteiger partial charge in [-0.2, -0.15) is 0 Å². The first-order valence-electron chi connectivity index (χ1n) is 2.52. The van der Waals surface area contributed by atoms with Gasteiger partial charge < -0.3 is 49.6 Å². The Morgan fingerprint density at radius 2 is 0.571 bits per heavy atom. The summed E-state index contributed by atoms with van der Waals surface area (Å²) in [6.07, 6.45) is 0. The van der Waals surface area contributed by atoms with Gasteiger partial charge in [0.1, 0.15) is 0 Å². The van der Waals surface area contributed by atoms with E-state index in [0.717, 1.165) is 0 Å². The van der Waals surface area contributed by atoms with Crippen molar-refractivity contribution in [3.63, 3.8) is 0 Å². The Hall–Kier alpha value is -0.485. The summed E-state index contributed by atoms with van der Waals surface area (Å²) in [4.78, 5) is 0. The lowest BCUT2D eigenvalue weighted by Crippen LogP contribution is -2.07. The molecule has 0 aliphatic rings. The fourth-order valence-corrected chi connectivity index (χ4v) is 0. The van der Waals surface area contributed by atoms with Crippen molar-refractivity contribution in [3.8, 4) is 0 Å². The summed E-state index contributed by atoms with van der Waals surface area (Å²) in [5.74, 6) is 0. The molecule has 0 radical (unpaired) electrons. The summed E-state index contributed by atoms with van der Waals surface area (Å²) in [5.41, 5.74) is 0. The van der Waals surface area contributed by atoms with Crippen molar-refractivity contribution >= 4 is 21.8 Å². The summed E-state index contributed by atoms with van der Waals surface area (Å²) >= 11 is 0. The highest BCUT2D eigenvalue weighted by molar-refractivity contribution is 6.50. The smallest absolute Gasteiger partial charge is 0.418 e. The molecule has 3 nitrogen and oxygen atoms in total. The van der Waals surface area contributed by atoms with Gasteiger partial charge in [-0.05, 0) is 0 Å². The second-order valence-corrected chi connectivity index (χ2v) is 1.34. The maximum absolute atomic E-state index is 9.75. The summed E-state index contributed by atoms with van der Waals surface area (Å²) in [7, 11) is -14.2. The van der Waals surface area contributed by atoms with Crippen molar-refractivity contribution < 1.29 is 49.6 Å². The van der Waals surface area contributed by atoms with Gasteiger partial charge in [-0.25, -0.2) is 0 Å². The van der Waals surface area contributed by atoms with Crippen molar-refractivity contribution in [3.05, 3.63) is 0 Å². The molecule has 0 aromatic carbocycles. The van der Waals surface area contributed by atoms with Crippen molar-refractivity contribution in [1.82, 2.24) is 0 Å². The number of hydrogen-bond acceptors (Lipinski definition) is 3. The zero-order valence-corrected chi connectivity index (χ0v) is 6.10. The molecule has 0 aliphatic heterocycles. The van der Waals surface area contributed by atoms with E-state index in [-0.39, 0.29) is 0 Å². The second kappa shape index (κ2) is 7.88. The molecule has 0 saturated carbocycles. The predicted molar refractivity (Wildman–Crippen MR) is 32.8 cm³/mol. The lowest BCUT2D eigenvalue weighted by atomic mass is 10.3. The topological polar surface area (TPSA) is 60.7 Å². The van der Waals surface area contributed by atoms with Gasteiger partial charge in [0.05, 0.1) is 0 Å². The Morgan fingerprint density at radius 3 is 0.571 bits per heavy atom. The van der Waals surface area contributed by atoms with Gasteiger partial charge >= 0.3 is 21.8 Å². The lowest BCUT2D eigenvalue weighted by molar-refractivity contribution is 0.278. The second-order valence-electron chi connectivity index (χ2n) is 1.34. The third kappa shape index (κ3) is 5410. The van der Waals surface area contributed by atoms with Crippen LogP contribution in [-0.4, -0.2) is 36.9 Å². The van der Waals surface area contributed by atoms with Crippen molar-refractivity contribution in [2.45, 2.75) is 0 Å². The molecule has 0 aromatic heterocycles. The van der Waals surface area contributed by atoms with E-state index in [2.05, 4.69) is 0 Å². The van der Waals surface area contributed by atoms with Gasteiger partial charge in [0.25, 0.3) is 0 Å². The molecule has 0 aliphatic carbocycles. The quantitative estimate of drug-likeness (QED) is 0.424. The van der Waals surface area contributed by atoms with E-state index in [1.165, 1.54) is 0 Å². The molecule has 88 valence electrons. The van der Waals surface area contributed by atoms with Gasteiger partial charge in [0.2, 0.25) is 0 Å². The van der Waals surface area contributed by atoms with Gasteiger partial charge in [0.15, 0.2) is 0 Å². The van der Waals surface area contributed by atoms with Gasteiger partial charge in [0, 0.05) is 0 Å². The third-order valence-corrected chi connectivity index (χ3v) is 0. The molecule has 0 amide bonds. The highest BCUT2D eigenvalue weighted by atomic mass is 19.5. The Kier molecular flexibility index (Phi) is 10.8. The summed E-state index contributed by atoms with van der Waals surface area (Å²) in [6, 6.07) is 0. The monoisotopic (exact) mass is 236 g/mol. The fourth-order valence-electron chi connectivity index (χ4n) is 0. The van der Waals surface area contributed by atoms with Gasteiger partial charge in [-0.3, -0.25) is 0 Å². The molecule has 0 unspecified atom stereocenters. The zero-order valence-electron chi connectivity index (χ0n) is 6.10. The molecule has 0 saturated heterocycles. The number of halogens is 8.